The summed E-state index contributed by atoms with van der Waals surface area (Å²) >= 11 is 0. The number of amides is 1. The Balaban J connectivity index is 1.81. The minimum absolute atomic E-state index is 0.275. The maximum Gasteiger partial charge on any atom is 0.223 e. The van der Waals surface area contributed by atoms with Crippen molar-refractivity contribution in [2.24, 2.45) is 17.8 Å². The fourth-order valence-corrected chi connectivity index (χ4v) is 4.04. The van der Waals surface area contributed by atoms with Gasteiger partial charge in [-0.05, 0) is 50.6 Å². The van der Waals surface area contributed by atoms with Crippen LogP contribution in [0, 0.1) is 17.8 Å². The monoisotopic (exact) mass is 308 g/mol. The number of nitrogens with zero attached hydrogens (tertiary/aromatic N) is 1. The second kappa shape index (κ2) is 8.90. The summed E-state index contributed by atoms with van der Waals surface area (Å²) in [5, 5.41) is 3.29. The molecule has 3 heteroatoms. The van der Waals surface area contributed by atoms with E-state index in [1.54, 1.807) is 0 Å². The first-order valence-electron chi connectivity index (χ1n) is 9.59. The van der Waals surface area contributed by atoms with E-state index in [1.807, 2.05) is 0 Å². The highest BCUT2D eigenvalue weighted by molar-refractivity contribution is 5.78. The fraction of sp³-hybridized carbons (Fsp3) is 0.947. The van der Waals surface area contributed by atoms with Crippen molar-refractivity contribution < 1.29 is 4.79 Å². The fourth-order valence-electron chi connectivity index (χ4n) is 4.04. The molecule has 0 aromatic heterocycles. The molecule has 1 heterocycles. The zero-order valence-corrected chi connectivity index (χ0v) is 14.9. The van der Waals surface area contributed by atoms with Gasteiger partial charge in [0.15, 0.2) is 0 Å². The third-order valence-electron chi connectivity index (χ3n) is 5.77. The van der Waals surface area contributed by atoms with Gasteiger partial charge in [0, 0.05) is 18.5 Å². The molecular formula is C19H36N2O. The minimum atomic E-state index is 0.275. The number of carbonyl (C=O) groups excluding carboxylic acids is 1. The van der Waals surface area contributed by atoms with E-state index in [4.69, 9.17) is 0 Å². The van der Waals surface area contributed by atoms with Crippen molar-refractivity contribution in [2.45, 2.75) is 78.2 Å². The van der Waals surface area contributed by atoms with Crippen molar-refractivity contribution in [3.05, 3.63) is 0 Å². The smallest absolute Gasteiger partial charge is 0.223 e. The number of hydrogen-bond donors (Lipinski definition) is 1. The zero-order valence-electron chi connectivity index (χ0n) is 14.9. The molecule has 1 saturated heterocycles. The molecule has 0 bridgehead atoms. The van der Waals surface area contributed by atoms with E-state index in [-0.39, 0.29) is 5.92 Å². The standard InChI is InChI=1S/C19H36N2O/c1-15(2)18(21-12-10-16(3)11-13-21)14-20-19(22)17-8-6-4-5-7-9-17/h15-18H,4-14H2,1-3H3,(H,20,22). The quantitative estimate of drug-likeness (QED) is 0.783. The second-order valence-electron chi connectivity index (χ2n) is 7.96. The largest absolute Gasteiger partial charge is 0.354 e. The van der Waals surface area contributed by atoms with Crippen LogP contribution in [0.5, 0.6) is 0 Å². The summed E-state index contributed by atoms with van der Waals surface area (Å²) in [5.74, 6) is 2.06. The highest BCUT2D eigenvalue weighted by atomic mass is 16.1. The van der Waals surface area contributed by atoms with Crippen molar-refractivity contribution in [1.29, 1.82) is 0 Å². The summed E-state index contributed by atoms with van der Waals surface area (Å²) in [4.78, 5) is 15.1. The first kappa shape index (κ1) is 17.8. The maximum absolute atomic E-state index is 12.5. The number of carbonyl (C=O) groups is 1. The van der Waals surface area contributed by atoms with Crippen LogP contribution >= 0.6 is 0 Å². The molecule has 1 amide bonds. The number of piperidine rings is 1. The number of rotatable bonds is 5. The predicted octanol–water partition coefficient (Wildman–Crippen LogP) is 3.83. The Bertz CT molecular complexity index is 326. The molecule has 2 aliphatic rings. The van der Waals surface area contributed by atoms with Gasteiger partial charge in [0.1, 0.15) is 0 Å². The normalized spacial score (nSPS) is 24.2. The van der Waals surface area contributed by atoms with Crippen LogP contribution in [0.3, 0.4) is 0 Å². The van der Waals surface area contributed by atoms with Crippen molar-refractivity contribution in [3.8, 4) is 0 Å². The van der Waals surface area contributed by atoms with Crippen molar-refractivity contribution in [2.75, 3.05) is 19.6 Å². The lowest BCUT2D eigenvalue weighted by Crippen LogP contribution is -2.50. The first-order chi connectivity index (χ1) is 10.6. The first-order valence-corrected chi connectivity index (χ1v) is 9.59. The lowest BCUT2D eigenvalue weighted by Gasteiger charge is -2.39. The molecule has 2 rings (SSSR count). The Hall–Kier alpha value is -0.570. The van der Waals surface area contributed by atoms with Crippen LogP contribution in [0.1, 0.15) is 72.1 Å². The molecule has 1 unspecified atom stereocenters. The molecule has 2 fully saturated rings. The van der Waals surface area contributed by atoms with Gasteiger partial charge in [-0.15, -0.1) is 0 Å². The average Bonchev–Trinajstić information content (AvgIpc) is 2.78. The molecule has 0 aromatic rings. The second-order valence-corrected chi connectivity index (χ2v) is 7.96. The molecule has 1 atom stereocenters. The molecule has 1 saturated carbocycles. The zero-order chi connectivity index (χ0) is 15.9. The van der Waals surface area contributed by atoms with E-state index in [0.717, 1.165) is 25.3 Å². The van der Waals surface area contributed by atoms with Crippen LogP contribution in [0.4, 0.5) is 0 Å². The third kappa shape index (κ3) is 5.26. The van der Waals surface area contributed by atoms with Gasteiger partial charge in [0.2, 0.25) is 5.91 Å². The van der Waals surface area contributed by atoms with Crippen molar-refractivity contribution in [1.82, 2.24) is 10.2 Å². The Morgan fingerprint density at radius 2 is 1.64 bits per heavy atom. The van der Waals surface area contributed by atoms with Gasteiger partial charge in [-0.1, -0.05) is 46.5 Å². The van der Waals surface area contributed by atoms with Gasteiger partial charge >= 0.3 is 0 Å². The highest BCUT2D eigenvalue weighted by Gasteiger charge is 2.27. The lowest BCUT2D eigenvalue weighted by atomic mass is 9.94. The van der Waals surface area contributed by atoms with E-state index in [0.29, 0.717) is 17.9 Å². The van der Waals surface area contributed by atoms with Crippen molar-refractivity contribution in [3.63, 3.8) is 0 Å². The molecular weight excluding hydrogens is 272 g/mol. The number of nitrogens with one attached hydrogen (secondary N) is 1. The Morgan fingerprint density at radius 1 is 1.05 bits per heavy atom. The van der Waals surface area contributed by atoms with Crippen LogP contribution in [0.15, 0.2) is 0 Å². The van der Waals surface area contributed by atoms with Crippen LogP contribution in [0.25, 0.3) is 0 Å². The van der Waals surface area contributed by atoms with Crippen LogP contribution in [0.2, 0.25) is 0 Å². The highest BCUT2D eigenvalue weighted by Crippen LogP contribution is 2.24. The SMILES string of the molecule is CC1CCN(C(CNC(=O)C2CCCCCC2)C(C)C)CC1. The van der Waals surface area contributed by atoms with Crippen LogP contribution in [-0.2, 0) is 4.79 Å². The third-order valence-corrected chi connectivity index (χ3v) is 5.77. The predicted molar refractivity (Wildman–Crippen MR) is 92.8 cm³/mol. The van der Waals surface area contributed by atoms with Gasteiger partial charge in [0.05, 0.1) is 0 Å². The van der Waals surface area contributed by atoms with Gasteiger partial charge in [-0.2, -0.15) is 0 Å². The van der Waals surface area contributed by atoms with Crippen LogP contribution in [-0.4, -0.2) is 36.5 Å². The molecule has 1 aliphatic heterocycles. The summed E-state index contributed by atoms with van der Waals surface area (Å²) in [6.07, 6.45) is 9.89. The molecule has 0 radical (unpaired) electrons. The number of hydrogen-bond acceptors (Lipinski definition) is 2. The van der Waals surface area contributed by atoms with Crippen LogP contribution < -0.4 is 5.32 Å². The molecule has 1 N–H and O–H groups in total. The Kier molecular flexibility index (Phi) is 7.20. The molecule has 3 nitrogen and oxygen atoms in total. The summed E-state index contributed by atoms with van der Waals surface area (Å²) < 4.78 is 0. The Labute approximate surface area is 137 Å². The molecule has 0 spiro atoms. The summed E-state index contributed by atoms with van der Waals surface area (Å²) in [5.41, 5.74) is 0. The Morgan fingerprint density at radius 3 is 2.18 bits per heavy atom. The van der Waals surface area contributed by atoms with E-state index in [2.05, 4.69) is 31.0 Å². The average molecular weight is 309 g/mol. The van der Waals surface area contributed by atoms with Gasteiger partial charge in [-0.25, -0.2) is 0 Å². The summed E-state index contributed by atoms with van der Waals surface area (Å²) in [6, 6.07) is 0.502. The maximum atomic E-state index is 12.5. The van der Waals surface area contributed by atoms with E-state index in [9.17, 15) is 4.79 Å². The van der Waals surface area contributed by atoms with Gasteiger partial charge in [-0.3, -0.25) is 9.69 Å². The lowest BCUT2D eigenvalue weighted by molar-refractivity contribution is -0.125. The van der Waals surface area contributed by atoms with E-state index in [1.165, 1.54) is 51.6 Å². The molecule has 22 heavy (non-hydrogen) atoms. The topological polar surface area (TPSA) is 32.3 Å². The molecule has 128 valence electrons. The minimum Gasteiger partial charge on any atom is -0.354 e. The van der Waals surface area contributed by atoms with Crippen molar-refractivity contribution >= 4 is 5.91 Å². The summed E-state index contributed by atoms with van der Waals surface area (Å²) in [7, 11) is 0. The molecule has 1 aliphatic carbocycles. The number of likely N-dealkylation sites (tertiary alicyclic amines) is 1. The van der Waals surface area contributed by atoms with Gasteiger partial charge in [0.25, 0.3) is 0 Å². The van der Waals surface area contributed by atoms with Gasteiger partial charge < -0.3 is 5.32 Å². The summed E-state index contributed by atoms with van der Waals surface area (Å²) in [6.45, 7) is 10.2. The van der Waals surface area contributed by atoms with E-state index < -0.39 is 0 Å². The van der Waals surface area contributed by atoms with E-state index >= 15 is 0 Å². The molecule has 0 aromatic carbocycles.